The third kappa shape index (κ3) is 1.77. The van der Waals surface area contributed by atoms with Crippen molar-refractivity contribution in [2.75, 3.05) is 7.11 Å². The van der Waals surface area contributed by atoms with Crippen molar-refractivity contribution < 1.29 is 13.9 Å². The standard InChI is InChI=1S/C12H14O3/c1-8(2)15-12-9-6-7-14-10(9)4-5-11(12)13-3/h4-8H,1-3H3. The number of benzene rings is 1. The maximum atomic E-state index is 5.72. The molecule has 0 atom stereocenters. The minimum absolute atomic E-state index is 0.111. The van der Waals surface area contributed by atoms with Crippen LogP contribution < -0.4 is 9.47 Å². The number of hydrogen-bond donors (Lipinski definition) is 0. The second-order valence-corrected chi connectivity index (χ2v) is 3.60. The Kier molecular flexibility index (Phi) is 2.54. The summed E-state index contributed by atoms with van der Waals surface area (Å²) in [7, 11) is 1.63. The molecule has 0 aliphatic carbocycles. The predicted molar refractivity (Wildman–Crippen MR) is 58.5 cm³/mol. The van der Waals surface area contributed by atoms with E-state index in [0.717, 1.165) is 22.5 Å². The number of ether oxygens (including phenoxy) is 2. The summed E-state index contributed by atoms with van der Waals surface area (Å²) >= 11 is 0. The molecule has 3 nitrogen and oxygen atoms in total. The lowest BCUT2D eigenvalue weighted by atomic mass is 10.2. The average Bonchev–Trinajstić information content (AvgIpc) is 2.65. The molecule has 0 radical (unpaired) electrons. The molecular formula is C12H14O3. The van der Waals surface area contributed by atoms with Crippen LogP contribution in [0.1, 0.15) is 13.8 Å². The van der Waals surface area contributed by atoms with E-state index >= 15 is 0 Å². The first-order valence-corrected chi connectivity index (χ1v) is 4.93. The smallest absolute Gasteiger partial charge is 0.172 e. The van der Waals surface area contributed by atoms with Gasteiger partial charge in [-0.05, 0) is 32.0 Å². The summed E-state index contributed by atoms with van der Waals surface area (Å²) in [5.74, 6) is 1.48. The van der Waals surface area contributed by atoms with Crippen molar-refractivity contribution in [2.45, 2.75) is 20.0 Å². The molecule has 0 saturated carbocycles. The van der Waals surface area contributed by atoms with E-state index in [9.17, 15) is 0 Å². The molecule has 0 spiro atoms. The quantitative estimate of drug-likeness (QED) is 0.772. The minimum Gasteiger partial charge on any atom is -0.493 e. The van der Waals surface area contributed by atoms with Crippen LogP contribution >= 0.6 is 0 Å². The van der Waals surface area contributed by atoms with Gasteiger partial charge in [0.05, 0.1) is 24.9 Å². The summed E-state index contributed by atoms with van der Waals surface area (Å²) < 4.78 is 16.3. The van der Waals surface area contributed by atoms with Crippen molar-refractivity contribution in [2.24, 2.45) is 0 Å². The summed E-state index contributed by atoms with van der Waals surface area (Å²) in [6.45, 7) is 3.97. The van der Waals surface area contributed by atoms with E-state index in [0.29, 0.717) is 0 Å². The van der Waals surface area contributed by atoms with Gasteiger partial charge in [-0.25, -0.2) is 0 Å². The molecule has 0 amide bonds. The molecule has 0 saturated heterocycles. The van der Waals surface area contributed by atoms with Gasteiger partial charge < -0.3 is 13.9 Å². The van der Waals surface area contributed by atoms with Gasteiger partial charge in [0.1, 0.15) is 5.58 Å². The van der Waals surface area contributed by atoms with Crippen LogP contribution in [0.2, 0.25) is 0 Å². The Hall–Kier alpha value is -1.64. The molecule has 1 heterocycles. The monoisotopic (exact) mass is 206 g/mol. The van der Waals surface area contributed by atoms with Crippen molar-refractivity contribution >= 4 is 11.0 Å². The largest absolute Gasteiger partial charge is 0.493 e. The molecule has 2 rings (SSSR count). The van der Waals surface area contributed by atoms with Gasteiger partial charge >= 0.3 is 0 Å². The number of hydrogen-bond acceptors (Lipinski definition) is 3. The molecule has 0 bridgehead atoms. The predicted octanol–water partition coefficient (Wildman–Crippen LogP) is 3.23. The first-order chi connectivity index (χ1) is 7.22. The zero-order valence-corrected chi connectivity index (χ0v) is 9.11. The van der Waals surface area contributed by atoms with Crippen LogP contribution in [0.3, 0.4) is 0 Å². The lowest BCUT2D eigenvalue weighted by Gasteiger charge is -2.13. The first-order valence-electron chi connectivity index (χ1n) is 4.93. The average molecular weight is 206 g/mol. The third-order valence-electron chi connectivity index (χ3n) is 2.12. The summed E-state index contributed by atoms with van der Waals surface area (Å²) in [4.78, 5) is 0. The van der Waals surface area contributed by atoms with Gasteiger partial charge in [-0.2, -0.15) is 0 Å². The first kappa shape index (κ1) is 9.90. The molecule has 0 aliphatic rings. The van der Waals surface area contributed by atoms with Crippen LogP contribution in [-0.4, -0.2) is 13.2 Å². The summed E-state index contributed by atoms with van der Waals surface area (Å²) in [5, 5.41) is 0.947. The van der Waals surface area contributed by atoms with Crippen LogP contribution in [0.15, 0.2) is 28.9 Å². The van der Waals surface area contributed by atoms with Crippen LogP contribution in [0.4, 0.5) is 0 Å². The Balaban J connectivity index is 2.58. The van der Waals surface area contributed by atoms with Crippen LogP contribution in [0, 0.1) is 0 Å². The molecular weight excluding hydrogens is 192 g/mol. The van der Waals surface area contributed by atoms with E-state index in [1.54, 1.807) is 13.4 Å². The highest BCUT2D eigenvalue weighted by molar-refractivity contribution is 5.86. The molecule has 3 heteroatoms. The van der Waals surface area contributed by atoms with Gasteiger partial charge in [0.15, 0.2) is 11.5 Å². The maximum Gasteiger partial charge on any atom is 0.172 e. The van der Waals surface area contributed by atoms with Gasteiger partial charge in [0.25, 0.3) is 0 Å². The van der Waals surface area contributed by atoms with E-state index in [2.05, 4.69) is 0 Å². The van der Waals surface area contributed by atoms with Gasteiger partial charge in [0.2, 0.25) is 0 Å². The molecule has 0 N–H and O–H groups in total. The van der Waals surface area contributed by atoms with Crippen LogP contribution in [0.25, 0.3) is 11.0 Å². The Morgan fingerprint density at radius 2 is 2.00 bits per heavy atom. The van der Waals surface area contributed by atoms with Crippen molar-refractivity contribution in [1.29, 1.82) is 0 Å². The van der Waals surface area contributed by atoms with Gasteiger partial charge in [0, 0.05) is 0 Å². The van der Waals surface area contributed by atoms with Gasteiger partial charge in [-0.3, -0.25) is 0 Å². The highest BCUT2D eigenvalue weighted by atomic mass is 16.5. The number of methoxy groups -OCH3 is 1. The Morgan fingerprint density at radius 3 is 2.67 bits per heavy atom. The Morgan fingerprint density at radius 1 is 1.20 bits per heavy atom. The molecule has 2 aromatic rings. The normalized spacial score (nSPS) is 10.9. The lowest BCUT2D eigenvalue weighted by Crippen LogP contribution is -2.06. The fourth-order valence-corrected chi connectivity index (χ4v) is 1.52. The Labute approximate surface area is 88.6 Å². The maximum absolute atomic E-state index is 5.72. The SMILES string of the molecule is COc1ccc2occc2c1OC(C)C. The summed E-state index contributed by atoms with van der Waals surface area (Å²) in [6.07, 6.45) is 1.76. The molecule has 15 heavy (non-hydrogen) atoms. The van der Waals surface area contributed by atoms with E-state index in [1.807, 2.05) is 32.0 Å². The van der Waals surface area contributed by atoms with Crippen molar-refractivity contribution in [3.8, 4) is 11.5 Å². The lowest BCUT2D eigenvalue weighted by molar-refractivity contribution is 0.233. The fourth-order valence-electron chi connectivity index (χ4n) is 1.52. The minimum atomic E-state index is 0.111. The topological polar surface area (TPSA) is 31.6 Å². The second-order valence-electron chi connectivity index (χ2n) is 3.60. The zero-order valence-electron chi connectivity index (χ0n) is 9.11. The second kappa shape index (κ2) is 3.85. The molecule has 0 fully saturated rings. The third-order valence-corrected chi connectivity index (χ3v) is 2.12. The fraction of sp³-hybridized carbons (Fsp3) is 0.333. The Bertz CT molecular complexity index is 457. The van der Waals surface area contributed by atoms with Gasteiger partial charge in [-0.1, -0.05) is 0 Å². The number of fused-ring (bicyclic) bond motifs is 1. The summed E-state index contributed by atoms with van der Waals surface area (Å²) in [5.41, 5.74) is 0.812. The molecule has 80 valence electrons. The van der Waals surface area contributed by atoms with E-state index in [4.69, 9.17) is 13.9 Å². The molecule has 1 aromatic carbocycles. The molecule has 0 aliphatic heterocycles. The van der Waals surface area contributed by atoms with Crippen molar-refractivity contribution in [1.82, 2.24) is 0 Å². The van der Waals surface area contributed by atoms with Crippen LogP contribution in [0.5, 0.6) is 11.5 Å². The van der Waals surface area contributed by atoms with Crippen LogP contribution in [-0.2, 0) is 0 Å². The van der Waals surface area contributed by atoms with Gasteiger partial charge in [-0.15, -0.1) is 0 Å². The zero-order chi connectivity index (χ0) is 10.8. The summed E-state index contributed by atoms with van der Waals surface area (Å²) in [6, 6.07) is 5.61. The highest BCUT2D eigenvalue weighted by Gasteiger charge is 2.12. The van der Waals surface area contributed by atoms with Crippen molar-refractivity contribution in [3.05, 3.63) is 24.5 Å². The highest BCUT2D eigenvalue weighted by Crippen LogP contribution is 2.36. The van der Waals surface area contributed by atoms with E-state index < -0.39 is 0 Å². The van der Waals surface area contributed by atoms with E-state index in [-0.39, 0.29) is 6.10 Å². The van der Waals surface area contributed by atoms with E-state index in [1.165, 1.54) is 0 Å². The van der Waals surface area contributed by atoms with Crippen molar-refractivity contribution in [3.63, 3.8) is 0 Å². The number of rotatable bonds is 3. The molecule has 0 unspecified atom stereocenters. The molecule has 1 aromatic heterocycles. The number of furan rings is 1.